The topological polar surface area (TPSA) is 30.9 Å². The summed E-state index contributed by atoms with van der Waals surface area (Å²) in [7, 11) is 0. The normalized spacial score (nSPS) is 24.4. The predicted molar refractivity (Wildman–Crippen MR) is 76.6 cm³/mol. The van der Waals surface area contributed by atoms with Crippen molar-refractivity contribution in [1.82, 2.24) is 4.57 Å². The van der Waals surface area contributed by atoms with Crippen LogP contribution in [0.2, 0.25) is 0 Å². The third kappa shape index (κ3) is 2.55. The van der Waals surface area contributed by atoms with Gasteiger partial charge in [-0.3, -0.25) is 0 Å². The Morgan fingerprint density at radius 2 is 2.29 bits per heavy atom. The minimum absolute atomic E-state index is 0.219. The summed E-state index contributed by atoms with van der Waals surface area (Å²) in [5, 5.41) is 0. The Balaban J connectivity index is 2.33. The zero-order chi connectivity index (χ0) is 12.6. The summed E-state index contributed by atoms with van der Waals surface area (Å²) in [6.07, 6.45) is 6.65. The molecule has 0 aliphatic heterocycles. The molecule has 3 heteroatoms. The summed E-state index contributed by atoms with van der Waals surface area (Å²) >= 11 is 1.91. The number of nitrogens with two attached hydrogens (primary N) is 1. The van der Waals surface area contributed by atoms with Gasteiger partial charge in [-0.2, -0.15) is 11.8 Å². The van der Waals surface area contributed by atoms with Crippen LogP contribution in [-0.4, -0.2) is 16.6 Å². The molecule has 96 valence electrons. The van der Waals surface area contributed by atoms with Crippen LogP contribution in [0.4, 0.5) is 0 Å². The molecular formula is C14H24N2S. The highest BCUT2D eigenvalue weighted by Crippen LogP contribution is 2.40. The van der Waals surface area contributed by atoms with Crippen molar-refractivity contribution in [2.24, 2.45) is 11.1 Å². The second-order valence-electron chi connectivity index (χ2n) is 6.08. The van der Waals surface area contributed by atoms with E-state index < -0.39 is 0 Å². The smallest absolute Gasteiger partial charge is 0.0395 e. The summed E-state index contributed by atoms with van der Waals surface area (Å²) in [6.45, 7) is 6.95. The lowest BCUT2D eigenvalue weighted by Crippen LogP contribution is -2.31. The maximum absolute atomic E-state index is 6.29. The summed E-state index contributed by atoms with van der Waals surface area (Å²) in [6, 6.07) is 3.01. The van der Waals surface area contributed by atoms with Crippen LogP contribution in [0, 0.1) is 5.41 Å². The zero-order valence-corrected chi connectivity index (χ0v) is 12.2. The van der Waals surface area contributed by atoms with Gasteiger partial charge in [0, 0.05) is 29.7 Å². The van der Waals surface area contributed by atoms with Gasteiger partial charge in [0.15, 0.2) is 0 Å². The molecule has 2 rings (SSSR count). The molecular weight excluding hydrogens is 228 g/mol. The zero-order valence-electron chi connectivity index (χ0n) is 11.4. The third-order valence-corrected chi connectivity index (χ3v) is 4.58. The molecule has 2 nitrogen and oxygen atoms in total. The molecule has 0 bridgehead atoms. The van der Waals surface area contributed by atoms with Crippen LogP contribution >= 0.6 is 11.8 Å². The van der Waals surface area contributed by atoms with Gasteiger partial charge in [-0.1, -0.05) is 13.8 Å². The molecule has 1 heterocycles. The number of thioether (sulfide) groups is 1. The van der Waals surface area contributed by atoms with Gasteiger partial charge in [-0.05, 0) is 43.1 Å². The van der Waals surface area contributed by atoms with Crippen LogP contribution in [0.5, 0.6) is 0 Å². The van der Waals surface area contributed by atoms with E-state index in [9.17, 15) is 0 Å². The van der Waals surface area contributed by atoms with Crippen molar-refractivity contribution < 1.29 is 0 Å². The summed E-state index contributed by atoms with van der Waals surface area (Å²) in [5.41, 5.74) is 9.47. The van der Waals surface area contributed by atoms with Crippen molar-refractivity contribution in [2.45, 2.75) is 45.7 Å². The van der Waals surface area contributed by atoms with E-state index in [1.807, 2.05) is 11.8 Å². The van der Waals surface area contributed by atoms with Gasteiger partial charge in [-0.15, -0.1) is 0 Å². The molecule has 0 radical (unpaired) electrons. The Bertz CT molecular complexity index is 395. The van der Waals surface area contributed by atoms with Gasteiger partial charge in [-0.25, -0.2) is 0 Å². The third-order valence-electron chi connectivity index (χ3n) is 3.76. The Hall–Kier alpha value is -0.410. The van der Waals surface area contributed by atoms with Gasteiger partial charge in [0.1, 0.15) is 0 Å². The molecule has 1 aromatic rings. The first-order chi connectivity index (χ1) is 7.94. The van der Waals surface area contributed by atoms with Crippen molar-refractivity contribution in [2.75, 3.05) is 12.0 Å². The number of fused-ring (bicyclic) bond motifs is 1. The average Bonchev–Trinajstić information content (AvgIpc) is 2.59. The lowest BCUT2D eigenvalue weighted by molar-refractivity contribution is 0.273. The highest BCUT2D eigenvalue weighted by atomic mass is 32.2. The first-order valence-corrected chi connectivity index (χ1v) is 7.78. The molecule has 1 aromatic heterocycles. The molecule has 0 aromatic carbocycles. The molecule has 1 aliphatic carbocycles. The number of hydrogen-bond donors (Lipinski definition) is 1. The second-order valence-corrected chi connectivity index (χ2v) is 6.99. The highest BCUT2D eigenvalue weighted by molar-refractivity contribution is 7.98. The van der Waals surface area contributed by atoms with Crippen molar-refractivity contribution in [3.8, 4) is 0 Å². The molecule has 0 amide bonds. The Morgan fingerprint density at radius 1 is 1.59 bits per heavy atom. The van der Waals surface area contributed by atoms with Crippen LogP contribution < -0.4 is 5.73 Å². The fourth-order valence-corrected chi connectivity index (χ4v) is 3.64. The number of rotatable bonds is 3. The van der Waals surface area contributed by atoms with Gasteiger partial charge >= 0.3 is 0 Å². The van der Waals surface area contributed by atoms with Crippen LogP contribution in [-0.2, 0) is 6.42 Å². The summed E-state index contributed by atoms with van der Waals surface area (Å²) in [5.74, 6) is 1.16. The van der Waals surface area contributed by atoms with E-state index >= 15 is 0 Å². The first kappa shape index (κ1) is 13.0. The Labute approximate surface area is 109 Å². The van der Waals surface area contributed by atoms with E-state index in [1.54, 1.807) is 0 Å². The molecule has 0 saturated carbocycles. The van der Waals surface area contributed by atoms with E-state index in [0.29, 0.717) is 11.5 Å². The maximum atomic E-state index is 6.29. The van der Waals surface area contributed by atoms with E-state index in [-0.39, 0.29) is 6.04 Å². The second kappa shape index (κ2) is 4.69. The monoisotopic (exact) mass is 252 g/mol. The molecule has 0 fully saturated rings. The maximum Gasteiger partial charge on any atom is 0.0395 e. The fourth-order valence-electron chi connectivity index (χ4n) is 2.99. The van der Waals surface area contributed by atoms with E-state index in [0.717, 1.165) is 18.6 Å². The van der Waals surface area contributed by atoms with Crippen molar-refractivity contribution in [1.29, 1.82) is 0 Å². The van der Waals surface area contributed by atoms with Crippen LogP contribution in [0.25, 0.3) is 0 Å². The quantitative estimate of drug-likeness (QED) is 0.894. The van der Waals surface area contributed by atoms with Gasteiger partial charge in [0.25, 0.3) is 0 Å². The molecule has 1 aliphatic rings. The van der Waals surface area contributed by atoms with E-state index in [1.165, 1.54) is 11.3 Å². The molecule has 0 saturated heterocycles. The number of nitrogens with zero attached hydrogens (tertiary/aromatic N) is 1. The average molecular weight is 252 g/mol. The molecule has 2 unspecified atom stereocenters. The fraction of sp³-hybridized carbons (Fsp3) is 0.714. The van der Waals surface area contributed by atoms with Crippen LogP contribution in [0.3, 0.4) is 0 Å². The molecule has 0 spiro atoms. The Kier molecular flexibility index (Phi) is 3.60. The lowest BCUT2D eigenvalue weighted by Gasteiger charge is -2.35. The minimum Gasteiger partial charge on any atom is -0.348 e. The number of aromatic nitrogens is 1. The summed E-state index contributed by atoms with van der Waals surface area (Å²) in [4.78, 5) is 0. The van der Waals surface area contributed by atoms with Gasteiger partial charge < -0.3 is 10.3 Å². The standard InChI is InChI=1S/C14H24N2S/c1-10(9-17-4)16-6-5-11-12(15)7-14(2,3)8-13(11)16/h5-6,10,12H,7-9,15H2,1-4H3. The van der Waals surface area contributed by atoms with Crippen LogP contribution in [0.1, 0.15) is 50.5 Å². The summed E-state index contributed by atoms with van der Waals surface area (Å²) < 4.78 is 2.44. The largest absolute Gasteiger partial charge is 0.348 e. The van der Waals surface area contributed by atoms with Gasteiger partial charge in [0.05, 0.1) is 0 Å². The Morgan fingerprint density at radius 3 is 2.94 bits per heavy atom. The van der Waals surface area contributed by atoms with Crippen molar-refractivity contribution in [3.05, 3.63) is 23.5 Å². The minimum atomic E-state index is 0.219. The molecule has 2 N–H and O–H groups in total. The van der Waals surface area contributed by atoms with Crippen molar-refractivity contribution >= 4 is 11.8 Å². The number of hydrogen-bond acceptors (Lipinski definition) is 2. The molecule has 2 atom stereocenters. The van der Waals surface area contributed by atoms with Crippen LogP contribution in [0.15, 0.2) is 12.3 Å². The predicted octanol–water partition coefficient (Wildman–Crippen LogP) is 3.38. The van der Waals surface area contributed by atoms with Crippen molar-refractivity contribution in [3.63, 3.8) is 0 Å². The SMILES string of the molecule is CSCC(C)n1ccc2c1CC(C)(C)CC2N. The first-order valence-electron chi connectivity index (χ1n) is 6.39. The van der Waals surface area contributed by atoms with Gasteiger partial charge in [0.2, 0.25) is 0 Å². The highest BCUT2D eigenvalue weighted by Gasteiger charge is 2.32. The van der Waals surface area contributed by atoms with E-state index in [2.05, 4.69) is 43.9 Å². The lowest BCUT2D eigenvalue weighted by atomic mass is 9.74. The molecule has 17 heavy (non-hydrogen) atoms. The van der Waals surface area contributed by atoms with E-state index in [4.69, 9.17) is 5.73 Å².